The minimum atomic E-state index is -3.45. The quantitative estimate of drug-likeness (QED) is 0.411. The number of benzene rings is 1. The van der Waals surface area contributed by atoms with Crippen LogP contribution < -0.4 is 5.32 Å². The molecule has 0 bridgehead atoms. The van der Waals surface area contributed by atoms with E-state index in [0.717, 1.165) is 0 Å². The third-order valence-electron chi connectivity index (χ3n) is 3.76. The van der Waals surface area contributed by atoms with Crippen LogP contribution in [0.1, 0.15) is 20.3 Å². The second-order valence-electron chi connectivity index (χ2n) is 5.53. The van der Waals surface area contributed by atoms with Gasteiger partial charge in [0, 0.05) is 31.3 Å². The lowest BCUT2D eigenvalue weighted by atomic mass is 10.2. The van der Waals surface area contributed by atoms with Crippen molar-refractivity contribution in [1.29, 1.82) is 0 Å². The van der Waals surface area contributed by atoms with Gasteiger partial charge in [-0.2, -0.15) is 5.06 Å². The maximum Gasteiger partial charge on any atom is 0.350 e. The fourth-order valence-electron chi connectivity index (χ4n) is 2.60. The SMILES string of the molecule is CCOP(=O)(OCC)[C@@H]1C[C@@H](C(=O)Nc2ccc([N+](=O)[O-])cc2)ON1C. The number of anilines is 1. The van der Waals surface area contributed by atoms with Gasteiger partial charge >= 0.3 is 7.60 Å². The lowest BCUT2D eigenvalue weighted by molar-refractivity contribution is -0.384. The van der Waals surface area contributed by atoms with Gasteiger partial charge in [0.2, 0.25) is 0 Å². The van der Waals surface area contributed by atoms with Crippen molar-refractivity contribution < 1.29 is 28.2 Å². The molecule has 0 saturated carbocycles. The largest absolute Gasteiger partial charge is 0.350 e. The summed E-state index contributed by atoms with van der Waals surface area (Å²) in [4.78, 5) is 28.0. The normalized spacial score (nSPS) is 20.9. The van der Waals surface area contributed by atoms with Crippen LogP contribution >= 0.6 is 7.60 Å². The number of hydrogen-bond donors (Lipinski definition) is 1. The van der Waals surface area contributed by atoms with Crippen LogP contribution in [0.4, 0.5) is 11.4 Å². The van der Waals surface area contributed by atoms with Gasteiger partial charge in [-0.25, -0.2) is 0 Å². The molecule has 1 aromatic rings. The van der Waals surface area contributed by atoms with E-state index in [0.29, 0.717) is 5.69 Å². The van der Waals surface area contributed by atoms with Crippen LogP contribution in [0.2, 0.25) is 0 Å². The fourth-order valence-corrected chi connectivity index (χ4v) is 4.64. The van der Waals surface area contributed by atoms with Crippen molar-refractivity contribution >= 4 is 24.9 Å². The van der Waals surface area contributed by atoms with Gasteiger partial charge in [-0.1, -0.05) is 0 Å². The number of carbonyl (C=O) groups is 1. The predicted molar refractivity (Wildman–Crippen MR) is 93.6 cm³/mol. The van der Waals surface area contributed by atoms with E-state index >= 15 is 0 Å². The molecule has 2 atom stereocenters. The molecule has 1 N–H and O–H groups in total. The van der Waals surface area contributed by atoms with Gasteiger partial charge in [-0.15, -0.1) is 0 Å². The Kier molecular flexibility index (Phi) is 6.85. The molecule has 1 fully saturated rings. The molecule has 144 valence electrons. The standard InChI is InChI=1S/C15H22N3O7P/c1-4-23-26(22,24-5-2)14-10-13(25-17(14)3)15(19)16-11-6-8-12(9-7-11)18(20)21/h6-9,13-14H,4-5,10H2,1-3H3,(H,16,19)/t13-,14+/m0/s1. The van der Waals surface area contributed by atoms with Crippen LogP contribution in [0, 0.1) is 10.1 Å². The van der Waals surface area contributed by atoms with Crippen LogP contribution in [-0.2, 0) is 23.2 Å². The summed E-state index contributed by atoms with van der Waals surface area (Å²) in [7, 11) is -1.89. The smallest absolute Gasteiger partial charge is 0.324 e. The Morgan fingerprint density at radius 1 is 1.35 bits per heavy atom. The highest BCUT2D eigenvalue weighted by Gasteiger charge is 2.48. The fraction of sp³-hybridized carbons (Fsp3) is 0.533. The van der Waals surface area contributed by atoms with Gasteiger partial charge in [0.05, 0.1) is 18.1 Å². The Hall–Kier alpha value is -1.84. The lowest BCUT2D eigenvalue weighted by Crippen LogP contribution is -2.28. The summed E-state index contributed by atoms with van der Waals surface area (Å²) >= 11 is 0. The Bertz CT molecular complexity index is 687. The summed E-state index contributed by atoms with van der Waals surface area (Å²) in [6.07, 6.45) is -0.749. The summed E-state index contributed by atoms with van der Waals surface area (Å²) in [6.45, 7) is 3.84. The Balaban J connectivity index is 2.04. The number of hydroxylamine groups is 2. The molecule has 2 rings (SSSR count). The number of nitro groups is 1. The number of hydrogen-bond acceptors (Lipinski definition) is 8. The van der Waals surface area contributed by atoms with Crippen molar-refractivity contribution in [3.8, 4) is 0 Å². The molecule has 0 aliphatic carbocycles. The molecule has 1 amide bonds. The minimum Gasteiger partial charge on any atom is -0.324 e. The van der Waals surface area contributed by atoms with E-state index in [9.17, 15) is 19.5 Å². The summed E-state index contributed by atoms with van der Waals surface area (Å²) in [5.74, 6) is -1.15. The zero-order chi connectivity index (χ0) is 19.3. The van der Waals surface area contributed by atoms with E-state index in [4.69, 9.17) is 13.9 Å². The highest BCUT2D eigenvalue weighted by molar-refractivity contribution is 7.54. The van der Waals surface area contributed by atoms with Crippen LogP contribution in [-0.4, -0.2) is 48.0 Å². The number of nitrogens with zero attached hydrogens (tertiary/aromatic N) is 2. The first-order chi connectivity index (χ1) is 12.3. The molecule has 1 heterocycles. The third kappa shape index (κ3) is 4.66. The molecule has 0 radical (unpaired) electrons. The van der Waals surface area contributed by atoms with Crippen molar-refractivity contribution in [3.05, 3.63) is 34.4 Å². The predicted octanol–water partition coefficient (Wildman–Crippen LogP) is 2.76. The number of carbonyl (C=O) groups excluding carboxylic acids is 1. The number of nitrogens with one attached hydrogen (secondary N) is 1. The molecule has 1 aliphatic heterocycles. The van der Waals surface area contributed by atoms with Crippen LogP contribution in [0.15, 0.2) is 24.3 Å². The molecule has 0 spiro atoms. The Morgan fingerprint density at radius 2 is 1.92 bits per heavy atom. The van der Waals surface area contributed by atoms with Crippen molar-refractivity contribution in [2.75, 3.05) is 25.6 Å². The van der Waals surface area contributed by atoms with Crippen molar-refractivity contribution in [1.82, 2.24) is 5.06 Å². The van der Waals surface area contributed by atoms with Crippen molar-refractivity contribution in [3.63, 3.8) is 0 Å². The van der Waals surface area contributed by atoms with Gasteiger partial charge in [0.15, 0.2) is 6.10 Å². The number of amides is 1. The van der Waals surface area contributed by atoms with Gasteiger partial charge in [-0.05, 0) is 26.0 Å². The van der Waals surface area contributed by atoms with Gasteiger partial charge < -0.3 is 14.4 Å². The van der Waals surface area contributed by atoms with E-state index < -0.39 is 30.3 Å². The van der Waals surface area contributed by atoms with E-state index in [1.54, 1.807) is 20.9 Å². The van der Waals surface area contributed by atoms with Gasteiger partial charge in [0.1, 0.15) is 5.78 Å². The summed E-state index contributed by atoms with van der Waals surface area (Å²) in [5, 5.41) is 14.6. The topological polar surface area (TPSA) is 120 Å². The summed E-state index contributed by atoms with van der Waals surface area (Å²) in [6, 6.07) is 5.44. The molecule has 1 aromatic carbocycles. The monoisotopic (exact) mass is 387 g/mol. The van der Waals surface area contributed by atoms with Crippen LogP contribution in [0.25, 0.3) is 0 Å². The average Bonchev–Trinajstić information content (AvgIpc) is 2.98. The molecule has 1 saturated heterocycles. The van der Waals surface area contributed by atoms with E-state index in [-0.39, 0.29) is 25.3 Å². The third-order valence-corrected chi connectivity index (χ3v) is 6.26. The number of non-ortho nitro benzene ring substituents is 1. The van der Waals surface area contributed by atoms with Gasteiger partial charge in [0.25, 0.3) is 11.6 Å². The lowest BCUT2D eigenvalue weighted by Gasteiger charge is -2.25. The zero-order valence-electron chi connectivity index (χ0n) is 14.8. The first kappa shape index (κ1) is 20.5. The zero-order valence-corrected chi connectivity index (χ0v) is 15.7. The molecule has 0 aromatic heterocycles. The molecule has 11 heteroatoms. The van der Waals surface area contributed by atoms with Crippen LogP contribution in [0.3, 0.4) is 0 Å². The highest BCUT2D eigenvalue weighted by atomic mass is 31.2. The molecule has 10 nitrogen and oxygen atoms in total. The maximum atomic E-state index is 12.9. The first-order valence-corrected chi connectivity index (χ1v) is 9.75. The molecule has 26 heavy (non-hydrogen) atoms. The molecule has 0 unspecified atom stereocenters. The Labute approximate surface area is 151 Å². The molecular formula is C15H22N3O7P. The van der Waals surface area contributed by atoms with Crippen LogP contribution in [0.5, 0.6) is 0 Å². The molecule has 1 aliphatic rings. The average molecular weight is 387 g/mol. The maximum absolute atomic E-state index is 12.9. The molecular weight excluding hydrogens is 365 g/mol. The second kappa shape index (κ2) is 8.70. The first-order valence-electron chi connectivity index (χ1n) is 8.14. The Morgan fingerprint density at radius 3 is 2.42 bits per heavy atom. The van der Waals surface area contributed by atoms with Crippen molar-refractivity contribution in [2.24, 2.45) is 0 Å². The minimum absolute atomic E-state index is 0.0747. The van der Waals surface area contributed by atoms with Gasteiger partial charge in [-0.3, -0.25) is 24.3 Å². The van der Waals surface area contributed by atoms with Crippen molar-refractivity contribution in [2.45, 2.75) is 32.2 Å². The summed E-state index contributed by atoms with van der Waals surface area (Å²) in [5.41, 5.74) is 0.322. The van der Waals surface area contributed by atoms with E-state index in [1.807, 2.05) is 0 Å². The second-order valence-corrected chi connectivity index (χ2v) is 7.72. The van der Waals surface area contributed by atoms with E-state index in [1.165, 1.54) is 29.3 Å². The van der Waals surface area contributed by atoms with E-state index in [2.05, 4.69) is 5.32 Å². The number of rotatable bonds is 8. The highest BCUT2D eigenvalue weighted by Crippen LogP contribution is 2.57. The number of nitro benzene ring substituents is 1. The summed E-state index contributed by atoms with van der Waals surface area (Å²) < 4.78 is 23.5.